The van der Waals surface area contributed by atoms with E-state index in [1.54, 1.807) is 43.6 Å². The van der Waals surface area contributed by atoms with Crippen LogP contribution in [0.4, 0.5) is 9.18 Å². The predicted octanol–water partition coefficient (Wildman–Crippen LogP) is 5.55. The third-order valence-corrected chi connectivity index (χ3v) is 4.93. The van der Waals surface area contributed by atoms with Crippen LogP contribution in [0.15, 0.2) is 36.7 Å². The highest BCUT2D eigenvalue weighted by molar-refractivity contribution is 5.77. The molecule has 0 fully saturated rings. The average molecular weight is 457 g/mol. The molecule has 0 saturated carbocycles. The number of ether oxygens (including phenoxy) is 2. The van der Waals surface area contributed by atoms with Crippen molar-refractivity contribution in [2.24, 2.45) is 5.92 Å². The van der Waals surface area contributed by atoms with Crippen molar-refractivity contribution in [3.8, 4) is 16.9 Å². The molecule has 0 aliphatic rings. The van der Waals surface area contributed by atoms with Gasteiger partial charge in [-0.2, -0.15) is 5.10 Å². The first kappa shape index (κ1) is 24.5. The first-order valence-corrected chi connectivity index (χ1v) is 11.1. The Kier molecular flexibility index (Phi) is 6.95. The van der Waals surface area contributed by atoms with Crippen molar-refractivity contribution in [3.63, 3.8) is 0 Å². The summed E-state index contributed by atoms with van der Waals surface area (Å²) in [7, 11) is 0. The number of aromatic nitrogens is 3. The zero-order valence-corrected chi connectivity index (χ0v) is 20.4. The van der Waals surface area contributed by atoms with Gasteiger partial charge in [0.2, 0.25) is 0 Å². The Bertz CT molecular complexity index is 1140. The van der Waals surface area contributed by atoms with Crippen molar-refractivity contribution in [1.29, 1.82) is 0 Å². The lowest BCUT2D eigenvalue weighted by Gasteiger charge is -2.33. The molecule has 3 aromatic rings. The van der Waals surface area contributed by atoms with Gasteiger partial charge < -0.3 is 14.8 Å². The molecule has 0 saturated heterocycles. The molecule has 1 amide bonds. The highest BCUT2D eigenvalue weighted by atomic mass is 19.1. The fourth-order valence-corrected chi connectivity index (χ4v) is 3.86. The largest absolute Gasteiger partial charge is 0.488 e. The van der Waals surface area contributed by atoms with E-state index in [-0.39, 0.29) is 18.3 Å². The number of imidazole rings is 1. The van der Waals surface area contributed by atoms with E-state index >= 15 is 0 Å². The van der Waals surface area contributed by atoms with Crippen LogP contribution in [-0.2, 0) is 4.74 Å². The topological polar surface area (TPSA) is 77.8 Å². The third-order valence-electron chi connectivity index (χ3n) is 4.93. The number of hydrogen-bond donors (Lipinski definition) is 1. The molecule has 2 aromatic heterocycles. The Morgan fingerprint density at radius 3 is 2.58 bits per heavy atom. The molecule has 33 heavy (non-hydrogen) atoms. The van der Waals surface area contributed by atoms with E-state index in [1.165, 1.54) is 6.07 Å². The summed E-state index contributed by atoms with van der Waals surface area (Å²) in [4.78, 5) is 16.9. The van der Waals surface area contributed by atoms with Gasteiger partial charge in [-0.1, -0.05) is 19.9 Å². The molecule has 0 bridgehead atoms. The van der Waals surface area contributed by atoms with Gasteiger partial charge in [0.25, 0.3) is 0 Å². The minimum absolute atomic E-state index is 0.0969. The molecule has 0 aliphatic carbocycles. The zero-order valence-electron chi connectivity index (χ0n) is 20.4. The highest BCUT2D eigenvalue weighted by Crippen LogP contribution is 2.29. The minimum atomic E-state index is -0.730. The van der Waals surface area contributed by atoms with E-state index in [1.807, 2.05) is 26.1 Å². The molecule has 8 heteroatoms. The average Bonchev–Trinajstić information content (AvgIpc) is 3.04. The number of hydrogen-bond acceptors (Lipinski definition) is 5. The quantitative estimate of drug-likeness (QED) is 0.504. The van der Waals surface area contributed by atoms with Crippen LogP contribution >= 0.6 is 0 Å². The van der Waals surface area contributed by atoms with Crippen molar-refractivity contribution in [2.45, 2.75) is 66.0 Å². The minimum Gasteiger partial charge on any atom is -0.488 e. The Labute approximate surface area is 194 Å². The Morgan fingerprint density at radius 1 is 1.21 bits per heavy atom. The van der Waals surface area contributed by atoms with Crippen LogP contribution in [0, 0.1) is 18.7 Å². The number of nitrogens with zero attached hydrogens (tertiary/aromatic N) is 3. The maximum Gasteiger partial charge on any atom is 0.408 e. The predicted molar refractivity (Wildman–Crippen MR) is 126 cm³/mol. The summed E-state index contributed by atoms with van der Waals surface area (Å²) < 4.78 is 27.9. The van der Waals surface area contributed by atoms with Gasteiger partial charge in [-0.3, -0.25) is 0 Å². The molecule has 1 aromatic carbocycles. The summed E-state index contributed by atoms with van der Waals surface area (Å²) in [5.41, 5.74) is 1.60. The molecule has 2 heterocycles. The first-order valence-electron chi connectivity index (χ1n) is 11.1. The summed E-state index contributed by atoms with van der Waals surface area (Å²) >= 11 is 0. The Morgan fingerprint density at radius 2 is 1.94 bits per heavy atom. The molecule has 0 unspecified atom stereocenters. The van der Waals surface area contributed by atoms with Crippen LogP contribution in [0.25, 0.3) is 16.8 Å². The van der Waals surface area contributed by atoms with E-state index in [4.69, 9.17) is 9.47 Å². The summed E-state index contributed by atoms with van der Waals surface area (Å²) in [6.45, 7) is 13.4. The number of carbonyl (C=O) groups excluding carboxylic acids is 1. The summed E-state index contributed by atoms with van der Waals surface area (Å²) in [5.74, 6) is -0.0907. The number of nitrogens with one attached hydrogen (secondary N) is 1. The Balaban J connectivity index is 1.78. The highest BCUT2D eigenvalue weighted by Gasteiger charge is 2.31. The van der Waals surface area contributed by atoms with E-state index in [0.29, 0.717) is 17.6 Å². The zero-order chi connectivity index (χ0) is 24.4. The smallest absolute Gasteiger partial charge is 0.408 e. The first-order chi connectivity index (χ1) is 15.3. The number of halogens is 1. The van der Waals surface area contributed by atoms with Crippen LogP contribution in [0.3, 0.4) is 0 Å². The van der Waals surface area contributed by atoms with E-state index in [2.05, 4.69) is 29.2 Å². The van der Waals surface area contributed by atoms with Gasteiger partial charge in [0.15, 0.2) is 17.2 Å². The SMILES string of the molecule is Cc1cn2nccc(-c3ccc(OC[C@](C)(CC(C)C)NC(=O)OC(C)(C)C)c(F)c3)c2n1. The Hall–Kier alpha value is -3.16. The maximum atomic E-state index is 15.0. The van der Waals surface area contributed by atoms with Crippen molar-refractivity contribution in [2.75, 3.05) is 6.61 Å². The molecule has 3 rings (SSSR count). The van der Waals surface area contributed by atoms with Crippen LogP contribution in [0.2, 0.25) is 0 Å². The third kappa shape index (κ3) is 6.43. The summed E-state index contributed by atoms with van der Waals surface area (Å²) in [6, 6.07) is 6.62. The number of aryl methyl sites for hydroxylation is 1. The second-order valence-electron chi connectivity index (χ2n) is 10.1. The lowest BCUT2D eigenvalue weighted by atomic mass is 9.91. The van der Waals surface area contributed by atoms with E-state index in [9.17, 15) is 9.18 Å². The number of amides is 1. The molecular formula is C25H33FN4O3. The van der Waals surface area contributed by atoms with Crippen molar-refractivity contribution >= 4 is 11.7 Å². The van der Waals surface area contributed by atoms with Crippen LogP contribution in [-0.4, -0.2) is 38.4 Å². The summed E-state index contributed by atoms with van der Waals surface area (Å²) in [5, 5.41) is 7.15. The van der Waals surface area contributed by atoms with Crippen LogP contribution in [0.1, 0.15) is 53.7 Å². The fraction of sp³-hybridized carbons (Fsp3) is 0.480. The number of benzene rings is 1. The standard InChI is InChI=1S/C25H33FN4O3/c1-16(2)13-25(7,29-23(31)33-24(4,5)6)15-32-21-9-8-18(12-20(21)26)19-10-11-27-30-14-17(3)28-22(19)30/h8-12,14,16H,13,15H2,1-7H3,(H,29,31)/t25-/m0/s1. The summed E-state index contributed by atoms with van der Waals surface area (Å²) in [6.07, 6.45) is 3.59. The maximum absolute atomic E-state index is 15.0. The van der Waals surface area contributed by atoms with Crippen LogP contribution < -0.4 is 10.1 Å². The molecule has 0 radical (unpaired) electrons. The van der Waals surface area contributed by atoms with Gasteiger partial charge in [0, 0.05) is 11.8 Å². The van der Waals surface area contributed by atoms with Gasteiger partial charge in [0.05, 0.1) is 17.4 Å². The molecule has 178 valence electrons. The molecule has 1 atom stereocenters. The van der Waals surface area contributed by atoms with Gasteiger partial charge in [-0.05, 0) is 70.7 Å². The second-order valence-corrected chi connectivity index (χ2v) is 10.1. The molecule has 0 spiro atoms. The number of carbonyl (C=O) groups is 1. The monoisotopic (exact) mass is 456 g/mol. The molecular weight excluding hydrogens is 423 g/mol. The number of alkyl carbamates (subject to hydrolysis) is 1. The van der Waals surface area contributed by atoms with Gasteiger partial charge >= 0.3 is 6.09 Å². The van der Waals surface area contributed by atoms with Crippen molar-refractivity contribution in [3.05, 3.63) is 48.2 Å². The van der Waals surface area contributed by atoms with Gasteiger partial charge in [-0.25, -0.2) is 18.7 Å². The number of fused-ring (bicyclic) bond motifs is 1. The van der Waals surface area contributed by atoms with Gasteiger partial charge in [0.1, 0.15) is 12.2 Å². The lowest BCUT2D eigenvalue weighted by Crippen LogP contribution is -2.52. The van der Waals surface area contributed by atoms with E-state index in [0.717, 1.165) is 11.3 Å². The van der Waals surface area contributed by atoms with Crippen molar-refractivity contribution in [1.82, 2.24) is 19.9 Å². The van der Waals surface area contributed by atoms with Crippen molar-refractivity contribution < 1.29 is 18.7 Å². The fourth-order valence-electron chi connectivity index (χ4n) is 3.86. The molecule has 0 aliphatic heterocycles. The normalized spacial score (nSPS) is 13.7. The van der Waals surface area contributed by atoms with Gasteiger partial charge in [-0.15, -0.1) is 0 Å². The van der Waals surface area contributed by atoms with Crippen LogP contribution in [0.5, 0.6) is 5.75 Å². The second kappa shape index (κ2) is 9.37. The molecule has 1 N–H and O–H groups in total. The number of rotatable bonds is 7. The molecule has 7 nitrogen and oxygen atoms in total. The van der Waals surface area contributed by atoms with E-state index < -0.39 is 23.1 Å². The lowest BCUT2D eigenvalue weighted by molar-refractivity contribution is 0.0406.